The van der Waals surface area contributed by atoms with Crippen LogP contribution in [0.4, 0.5) is 0 Å². The average Bonchev–Trinajstić information content (AvgIpc) is 2.21. The summed E-state index contributed by atoms with van der Waals surface area (Å²) in [5.41, 5.74) is 0. The molecule has 0 bridgehead atoms. The second kappa shape index (κ2) is 6.05. The predicted octanol–water partition coefficient (Wildman–Crippen LogP) is 2.57. The lowest BCUT2D eigenvalue weighted by Crippen LogP contribution is -2.34. The Morgan fingerprint density at radius 1 is 1.31 bits per heavy atom. The molecule has 0 saturated heterocycles. The van der Waals surface area contributed by atoms with E-state index in [1.807, 2.05) is 6.92 Å². The molecule has 1 saturated carbocycles. The van der Waals surface area contributed by atoms with Gasteiger partial charge in [0.1, 0.15) is 0 Å². The van der Waals surface area contributed by atoms with E-state index in [0.29, 0.717) is 6.04 Å². The van der Waals surface area contributed by atoms with Crippen molar-refractivity contribution in [2.75, 3.05) is 7.05 Å². The Labute approximate surface area is 82.3 Å². The standard InChI is InChI=1S/C12H21N/c1-3-4-10-12(13-2)11-8-6-5-7-9-11/h11-13H,5-10H2,1-2H3. The number of nitrogens with one attached hydrogen (secondary N) is 1. The molecule has 1 heteroatoms. The number of hydrogen-bond acceptors (Lipinski definition) is 1. The largest absolute Gasteiger partial charge is 0.316 e. The molecule has 1 aliphatic rings. The van der Waals surface area contributed by atoms with Gasteiger partial charge in [-0.2, -0.15) is 0 Å². The van der Waals surface area contributed by atoms with E-state index >= 15 is 0 Å². The summed E-state index contributed by atoms with van der Waals surface area (Å²) in [4.78, 5) is 0. The zero-order chi connectivity index (χ0) is 9.52. The Bertz CT molecular complexity index is 181. The first-order valence-electron chi connectivity index (χ1n) is 5.45. The van der Waals surface area contributed by atoms with Crippen LogP contribution in [0.25, 0.3) is 0 Å². The van der Waals surface area contributed by atoms with Gasteiger partial charge in [-0.1, -0.05) is 19.3 Å². The molecule has 1 aliphatic carbocycles. The van der Waals surface area contributed by atoms with Crippen molar-refractivity contribution in [2.24, 2.45) is 5.92 Å². The van der Waals surface area contributed by atoms with Crippen LogP contribution in [0.1, 0.15) is 45.4 Å². The maximum Gasteiger partial charge on any atom is 0.0245 e. The second-order valence-electron chi connectivity index (χ2n) is 3.92. The van der Waals surface area contributed by atoms with E-state index in [0.717, 1.165) is 12.3 Å². The van der Waals surface area contributed by atoms with Crippen molar-refractivity contribution in [3.8, 4) is 11.8 Å². The molecule has 13 heavy (non-hydrogen) atoms. The fourth-order valence-corrected chi connectivity index (χ4v) is 2.25. The molecule has 0 spiro atoms. The summed E-state index contributed by atoms with van der Waals surface area (Å²) in [6.45, 7) is 1.92. The van der Waals surface area contributed by atoms with Crippen LogP contribution in [0.15, 0.2) is 0 Å². The first kappa shape index (κ1) is 10.6. The van der Waals surface area contributed by atoms with Gasteiger partial charge in [0, 0.05) is 12.5 Å². The summed E-state index contributed by atoms with van der Waals surface area (Å²) in [5, 5.41) is 3.40. The molecule has 0 aromatic carbocycles. The molecule has 1 unspecified atom stereocenters. The van der Waals surface area contributed by atoms with Gasteiger partial charge in [0.15, 0.2) is 0 Å². The third-order valence-electron chi connectivity index (χ3n) is 3.09. The van der Waals surface area contributed by atoms with Crippen molar-refractivity contribution in [3.05, 3.63) is 0 Å². The van der Waals surface area contributed by atoms with Crippen LogP contribution in [0.5, 0.6) is 0 Å². The van der Waals surface area contributed by atoms with Crippen molar-refractivity contribution < 1.29 is 0 Å². The summed E-state index contributed by atoms with van der Waals surface area (Å²) in [6, 6.07) is 0.632. The van der Waals surface area contributed by atoms with Crippen molar-refractivity contribution >= 4 is 0 Å². The highest BCUT2D eigenvalue weighted by Crippen LogP contribution is 2.27. The summed E-state index contributed by atoms with van der Waals surface area (Å²) < 4.78 is 0. The number of hydrogen-bond donors (Lipinski definition) is 1. The van der Waals surface area contributed by atoms with Crippen molar-refractivity contribution in [1.29, 1.82) is 0 Å². The monoisotopic (exact) mass is 179 g/mol. The highest BCUT2D eigenvalue weighted by Gasteiger charge is 2.21. The maximum absolute atomic E-state index is 3.40. The van der Waals surface area contributed by atoms with E-state index in [1.54, 1.807) is 0 Å². The molecule has 1 fully saturated rings. The molecule has 1 atom stereocenters. The van der Waals surface area contributed by atoms with Crippen LogP contribution >= 0.6 is 0 Å². The average molecular weight is 179 g/mol. The summed E-state index contributed by atoms with van der Waals surface area (Å²) >= 11 is 0. The topological polar surface area (TPSA) is 12.0 Å². The Balaban J connectivity index is 2.37. The first-order chi connectivity index (χ1) is 6.38. The van der Waals surface area contributed by atoms with Crippen molar-refractivity contribution in [1.82, 2.24) is 5.32 Å². The van der Waals surface area contributed by atoms with Crippen LogP contribution in [-0.4, -0.2) is 13.1 Å². The first-order valence-corrected chi connectivity index (χ1v) is 5.45. The van der Waals surface area contributed by atoms with Crippen LogP contribution in [0.3, 0.4) is 0 Å². The molecule has 0 radical (unpaired) electrons. The Morgan fingerprint density at radius 2 is 2.00 bits per heavy atom. The third kappa shape index (κ3) is 3.40. The highest BCUT2D eigenvalue weighted by molar-refractivity contribution is 4.99. The fourth-order valence-electron chi connectivity index (χ4n) is 2.25. The summed E-state index contributed by atoms with van der Waals surface area (Å²) in [6.07, 6.45) is 8.10. The minimum atomic E-state index is 0.632. The molecular weight excluding hydrogens is 158 g/mol. The van der Waals surface area contributed by atoms with Crippen LogP contribution < -0.4 is 5.32 Å². The van der Waals surface area contributed by atoms with Crippen LogP contribution in [-0.2, 0) is 0 Å². The fraction of sp³-hybridized carbons (Fsp3) is 0.833. The highest BCUT2D eigenvalue weighted by atomic mass is 14.9. The molecule has 1 N–H and O–H groups in total. The summed E-state index contributed by atoms with van der Waals surface area (Å²) in [5.74, 6) is 7.04. The molecule has 0 aromatic heterocycles. The minimum Gasteiger partial charge on any atom is -0.316 e. The minimum absolute atomic E-state index is 0.632. The van der Waals surface area contributed by atoms with Gasteiger partial charge in [-0.15, -0.1) is 11.8 Å². The Hall–Kier alpha value is -0.480. The lowest BCUT2D eigenvalue weighted by atomic mass is 9.83. The van der Waals surface area contributed by atoms with Gasteiger partial charge in [-0.25, -0.2) is 0 Å². The molecule has 74 valence electrons. The van der Waals surface area contributed by atoms with E-state index in [1.165, 1.54) is 32.1 Å². The zero-order valence-electron chi connectivity index (χ0n) is 8.90. The maximum atomic E-state index is 3.40. The third-order valence-corrected chi connectivity index (χ3v) is 3.09. The lowest BCUT2D eigenvalue weighted by molar-refractivity contribution is 0.281. The van der Waals surface area contributed by atoms with E-state index in [-0.39, 0.29) is 0 Å². The molecule has 0 heterocycles. The van der Waals surface area contributed by atoms with Crippen LogP contribution in [0, 0.1) is 17.8 Å². The van der Waals surface area contributed by atoms with Crippen molar-refractivity contribution in [2.45, 2.75) is 51.5 Å². The zero-order valence-corrected chi connectivity index (χ0v) is 8.90. The molecule has 1 rings (SSSR count). The van der Waals surface area contributed by atoms with Gasteiger partial charge < -0.3 is 5.32 Å². The molecular formula is C12H21N. The van der Waals surface area contributed by atoms with Gasteiger partial charge >= 0.3 is 0 Å². The number of rotatable bonds is 3. The molecule has 0 aliphatic heterocycles. The summed E-state index contributed by atoms with van der Waals surface area (Å²) in [7, 11) is 2.07. The second-order valence-corrected chi connectivity index (χ2v) is 3.92. The van der Waals surface area contributed by atoms with Crippen molar-refractivity contribution in [3.63, 3.8) is 0 Å². The van der Waals surface area contributed by atoms with E-state index in [9.17, 15) is 0 Å². The van der Waals surface area contributed by atoms with Gasteiger partial charge in [-0.3, -0.25) is 0 Å². The molecule has 1 nitrogen and oxygen atoms in total. The quantitative estimate of drug-likeness (QED) is 0.657. The van der Waals surface area contributed by atoms with Gasteiger partial charge in [0.05, 0.1) is 0 Å². The molecule has 0 aromatic rings. The smallest absolute Gasteiger partial charge is 0.0245 e. The lowest BCUT2D eigenvalue weighted by Gasteiger charge is -2.28. The van der Waals surface area contributed by atoms with Gasteiger partial charge in [-0.05, 0) is 32.7 Å². The van der Waals surface area contributed by atoms with Gasteiger partial charge in [0.25, 0.3) is 0 Å². The SMILES string of the molecule is CC#CCC(NC)C1CCCCC1. The Morgan fingerprint density at radius 3 is 2.54 bits per heavy atom. The Kier molecular flexibility index (Phi) is 4.93. The van der Waals surface area contributed by atoms with E-state index in [4.69, 9.17) is 0 Å². The van der Waals surface area contributed by atoms with Crippen LogP contribution in [0.2, 0.25) is 0 Å². The predicted molar refractivity (Wildman–Crippen MR) is 57.5 cm³/mol. The van der Waals surface area contributed by atoms with E-state index < -0.39 is 0 Å². The molecule has 0 amide bonds. The normalized spacial score (nSPS) is 20.5. The van der Waals surface area contributed by atoms with E-state index in [2.05, 4.69) is 24.2 Å². The van der Waals surface area contributed by atoms with Gasteiger partial charge in [0.2, 0.25) is 0 Å².